The van der Waals surface area contributed by atoms with E-state index < -0.39 is 0 Å². The summed E-state index contributed by atoms with van der Waals surface area (Å²) in [5, 5.41) is 3.22. The summed E-state index contributed by atoms with van der Waals surface area (Å²) in [6.45, 7) is 0. The molecule has 1 N–H and O–H groups in total. The van der Waals surface area contributed by atoms with Gasteiger partial charge in [-0.3, -0.25) is 0 Å². The highest BCUT2D eigenvalue weighted by molar-refractivity contribution is 5.85. The number of aromatic nitrogens is 4. The van der Waals surface area contributed by atoms with Crippen LogP contribution in [0, 0.1) is 0 Å². The van der Waals surface area contributed by atoms with Crippen molar-refractivity contribution in [1.82, 2.24) is 19.5 Å². The van der Waals surface area contributed by atoms with Crippen LogP contribution in [0.5, 0.6) is 17.2 Å². The van der Waals surface area contributed by atoms with E-state index in [1.54, 1.807) is 39.8 Å². The molecular weight excluding hydrogens is 298 g/mol. The maximum atomic E-state index is 5.35. The number of nitrogens with zero attached hydrogens (tertiary/aromatic N) is 4. The van der Waals surface area contributed by atoms with Crippen LogP contribution in [0.3, 0.4) is 0 Å². The van der Waals surface area contributed by atoms with Gasteiger partial charge in [0.05, 0.1) is 27.7 Å². The molecule has 23 heavy (non-hydrogen) atoms. The smallest absolute Gasteiger partial charge is 0.203 e. The quantitative estimate of drug-likeness (QED) is 0.772. The third kappa shape index (κ3) is 2.59. The largest absolute Gasteiger partial charge is 0.493 e. The fourth-order valence-electron chi connectivity index (χ4n) is 2.33. The molecule has 0 aliphatic rings. The molecule has 0 unspecified atom stereocenters. The van der Waals surface area contributed by atoms with Crippen molar-refractivity contribution in [3.63, 3.8) is 0 Å². The number of methoxy groups -OCH3 is 3. The van der Waals surface area contributed by atoms with Crippen molar-refractivity contribution in [2.45, 2.75) is 0 Å². The number of fused-ring (bicyclic) bond motifs is 1. The van der Waals surface area contributed by atoms with Gasteiger partial charge in [0.1, 0.15) is 6.33 Å². The summed E-state index contributed by atoms with van der Waals surface area (Å²) in [6, 6.07) is 3.61. The van der Waals surface area contributed by atoms with Crippen molar-refractivity contribution in [2.75, 3.05) is 26.6 Å². The Kier molecular flexibility index (Phi) is 3.88. The zero-order valence-corrected chi connectivity index (χ0v) is 13.3. The number of aryl methyl sites for hydroxylation is 1. The molecule has 1 aromatic carbocycles. The van der Waals surface area contributed by atoms with Crippen molar-refractivity contribution in [2.24, 2.45) is 7.05 Å². The van der Waals surface area contributed by atoms with E-state index in [-0.39, 0.29) is 0 Å². The molecule has 0 bridgehead atoms. The second kappa shape index (κ2) is 5.99. The first-order chi connectivity index (χ1) is 11.2. The molecule has 0 radical (unpaired) electrons. The summed E-state index contributed by atoms with van der Waals surface area (Å²) < 4.78 is 17.9. The molecule has 3 rings (SSSR count). The van der Waals surface area contributed by atoms with Crippen LogP contribution in [0.1, 0.15) is 0 Å². The summed E-state index contributed by atoms with van der Waals surface area (Å²) in [5.74, 6) is 2.25. The van der Waals surface area contributed by atoms with E-state index in [4.69, 9.17) is 14.2 Å². The third-order valence-corrected chi connectivity index (χ3v) is 3.42. The topological polar surface area (TPSA) is 83.3 Å². The van der Waals surface area contributed by atoms with Gasteiger partial charge in [-0.25, -0.2) is 15.0 Å². The Bertz CT molecular complexity index is 821. The van der Waals surface area contributed by atoms with Crippen LogP contribution >= 0.6 is 0 Å². The summed E-state index contributed by atoms with van der Waals surface area (Å²) in [5.41, 5.74) is 2.17. The lowest BCUT2D eigenvalue weighted by Crippen LogP contribution is -2.00. The maximum absolute atomic E-state index is 5.35. The molecule has 3 aromatic rings. The van der Waals surface area contributed by atoms with Crippen LogP contribution in [0.25, 0.3) is 11.2 Å². The molecule has 0 fully saturated rings. The van der Waals surface area contributed by atoms with E-state index in [2.05, 4.69) is 20.3 Å². The monoisotopic (exact) mass is 315 g/mol. The van der Waals surface area contributed by atoms with Crippen molar-refractivity contribution in [3.8, 4) is 17.2 Å². The van der Waals surface area contributed by atoms with Crippen molar-refractivity contribution < 1.29 is 14.2 Å². The Hall–Kier alpha value is -3.03. The average molecular weight is 315 g/mol. The lowest BCUT2D eigenvalue weighted by molar-refractivity contribution is 0.324. The fraction of sp³-hybridized carbons (Fsp3) is 0.267. The highest BCUT2D eigenvalue weighted by Crippen LogP contribution is 2.40. The molecular formula is C15H17N5O3. The summed E-state index contributed by atoms with van der Waals surface area (Å²) in [7, 11) is 6.59. The molecule has 8 heteroatoms. The SMILES string of the molecule is COc1cc(Nc2ncnc3c2ncn3C)cc(OC)c1OC. The van der Waals surface area contributed by atoms with E-state index in [0.29, 0.717) is 28.6 Å². The zero-order valence-electron chi connectivity index (χ0n) is 13.3. The van der Waals surface area contributed by atoms with E-state index in [1.807, 2.05) is 11.6 Å². The Morgan fingerprint density at radius 2 is 1.65 bits per heavy atom. The third-order valence-electron chi connectivity index (χ3n) is 3.42. The first-order valence-electron chi connectivity index (χ1n) is 6.87. The molecule has 0 aliphatic carbocycles. The van der Waals surface area contributed by atoms with E-state index in [1.165, 1.54) is 6.33 Å². The van der Waals surface area contributed by atoms with Crippen LogP contribution in [0.2, 0.25) is 0 Å². The van der Waals surface area contributed by atoms with Gasteiger partial charge in [-0.2, -0.15) is 0 Å². The maximum Gasteiger partial charge on any atom is 0.203 e. The Labute approximate surface area is 133 Å². The van der Waals surface area contributed by atoms with Crippen LogP contribution in [0.15, 0.2) is 24.8 Å². The zero-order chi connectivity index (χ0) is 16.4. The second-order valence-electron chi connectivity index (χ2n) is 4.79. The van der Waals surface area contributed by atoms with Crippen LogP contribution in [-0.2, 0) is 7.05 Å². The van der Waals surface area contributed by atoms with Gasteiger partial charge in [0.2, 0.25) is 5.75 Å². The summed E-state index contributed by atoms with van der Waals surface area (Å²) in [4.78, 5) is 12.8. The van der Waals surface area contributed by atoms with Crippen LogP contribution in [0.4, 0.5) is 11.5 Å². The highest BCUT2D eigenvalue weighted by atomic mass is 16.5. The molecule has 0 aliphatic heterocycles. The highest BCUT2D eigenvalue weighted by Gasteiger charge is 2.15. The van der Waals surface area contributed by atoms with Crippen LogP contribution < -0.4 is 19.5 Å². The van der Waals surface area contributed by atoms with Gasteiger partial charge < -0.3 is 24.1 Å². The molecule has 8 nitrogen and oxygen atoms in total. The molecule has 0 amide bonds. The van der Waals surface area contributed by atoms with E-state index in [0.717, 1.165) is 11.3 Å². The van der Waals surface area contributed by atoms with Gasteiger partial charge in [-0.1, -0.05) is 0 Å². The van der Waals surface area contributed by atoms with E-state index in [9.17, 15) is 0 Å². The first-order valence-corrected chi connectivity index (χ1v) is 6.87. The number of imidazole rings is 1. The molecule has 2 aromatic heterocycles. The minimum Gasteiger partial charge on any atom is -0.493 e. The lowest BCUT2D eigenvalue weighted by Gasteiger charge is -2.14. The number of benzene rings is 1. The van der Waals surface area contributed by atoms with Crippen molar-refractivity contribution in [3.05, 3.63) is 24.8 Å². The van der Waals surface area contributed by atoms with Gasteiger partial charge >= 0.3 is 0 Å². The summed E-state index contributed by atoms with van der Waals surface area (Å²) >= 11 is 0. The predicted molar refractivity (Wildman–Crippen MR) is 85.7 cm³/mol. The van der Waals surface area contributed by atoms with E-state index >= 15 is 0 Å². The first kappa shape index (κ1) is 14.9. The molecule has 0 atom stereocenters. The minimum absolute atomic E-state index is 0.534. The molecule has 0 saturated heterocycles. The Morgan fingerprint density at radius 1 is 0.957 bits per heavy atom. The van der Waals surface area contributed by atoms with Gasteiger partial charge in [-0.15, -0.1) is 0 Å². The van der Waals surface area contributed by atoms with Gasteiger partial charge in [0.25, 0.3) is 0 Å². The molecule has 0 spiro atoms. The number of rotatable bonds is 5. The Balaban J connectivity index is 2.05. The number of ether oxygens (including phenoxy) is 3. The van der Waals surface area contributed by atoms with Gasteiger partial charge in [0, 0.05) is 24.9 Å². The standard InChI is InChI=1S/C15H17N5O3/c1-20-8-18-12-14(16-7-17-15(12)20)19-9-5-10(21-2)13(23-4)11(6-9)22-3/h5-8H,1-4H3,(H,16,17,19). The fourth-order valence-corrected chi connectivity index (χ4v) is 2.33. The van der Waals surface area contributed by atoms with Crippen molar-refractivity contribution in [1.29, 1.82) is 0 Å². The van der Waals surface area contributed by atoms with Crippen LogP contribution in [-0.4, -0.2) is 40.8 Å². The normalized spacial score (nSPS) is 10.6. The number of hydrogen-bond acceptors (Lipinski definition) is 7. The summed E-state index contributed by atoms with van der Waals surface area (Å²) in [6.07, 6.45) is 3.18. The molecule has 0 saturated carbocycles. The molecule has 120 valence electrons. The van der Waals surface area contributed by atoms with Gasteiger partial charge in [-0.05, 0) is 0 Å². The lowest BCUT2D eigenvalue weighted by atomic mass is 10.2. The number of hydrogen-bond donors (Lipinski definition) is 1. The Morgan fingerprint density at radius 3 is 2.26 bits per heavy atom. The van der Waals surface area contributed by atoms with Crippen molar-refractivity contribution >= 4 is 22.7 Å². The predicted octanol–water partition coefficient (Wildman–Crippen LogP) is 2.13. The minimum atomic E-state index is 0.534. The number of nitrogens with one attached hydrogen (secondary N) is 1. The average Bonchev–Trinajstić information content (AvgIpc) is 2.96. The number of anilines is 2. The molecule has 2 heterocycles. The van der Waals surface area contributed by atoms with Gasteiger partial charge in [0.15, 0.2) is 28.5 Å². The second-order valence-corrected chi connectivity index (χ2v) is 4.79.